The maximum Gasteiger partial charge on any atom is 0.139 e. The fraction of sp³-hybridized carbons (Fsp3) is 0.714. The molecule has 0 amide bonds. The van der Waals surface area contributed by atoms with Crippen molar-refractivity contribution in [1.29, 1.82) is 0 Å². The topological polar surface area (TPSA) is 91.9 Å². The maximum atomic E-state index is 10.2. The van der Waals surface area contributed by atoms with Gasteiger partial charge in [-0.3, -0.25) is 9.56 Å². The molecule has 122 valence electrons. The van der Waals surface area contributed by atoms with E-state index in [9.17, 15) is 10.2 Å². The van der Waals surface area contributed by atoms with Gasteiger partial charge in [-0.15, -0.1) is 0 Å². The lowest BCUT2D eigenvalue weighted by Gasteiger charge is -2.17. The average molecular weight is 326 g/mol. The monoisotopic (exact) mass is 326 g/mol. The van der Waals surface area contributed by atoms with Crippen molar-refractivity contribution in [3.63, 3.8) is 0 Å². The molecule has 0 saturated carbocycles. The van der Waals surface area contributed by atoms with Crippen molar-refractivity contribution in [3.8, 4) is 0 Å². The molecule has 3 rings (SSSR count). The summed E-state index contributed by atoms with van der Waals surface area (Å²) in [5, 5.41) is 23.3. The summed E-state index contributed by atoms with van der Waals surface area (Å²) < 4.78 is 7.83. The van der Waals surface area contributed by atoms with Crippen LogP contribution in [-0.4, -0.2) is 56.4 Å². The number of hydrogen-bond donors (Lipinski definition) is 3. The molecular weight excluding hydrogens is 304 g/mol. The molecule has 1 fully saturated rings. The number of rotatable bonds is 5. The first-order chi connectivity index (χ1) is 10.7. The fourth-order valence-corrected chi connectivity index (χ4v) is 3.70. The van der Waals surface area contributed by atoms with Crippen molar-refractivity contribution in [2.24, 2.45) is 4.99 Å². The van der Waals surface area contributed by atoms with Gasteiger partial charge in [0.05, 0.1) is 31.4 Å². The summed E-state index contributed by atoms with van der Waals surface area (Å²) >= 11 is 1.80. The predicted octanol–water partition coefficient (Wildman–Crippen LogP) is 1.16. The minimum absolute atomic E-state index is 0.163. The van der Waals surface area contributed by atoms with Gasteiger partial charge in [0.2, 0.25) is 0 Å². The van der Waals surface area contributed by atoms with Crippen molar-refractivity contribution in [2.45, 2.75) is 44.3 Å². The van der Waals surface area contributed by atoms with E-state index in [-0.39, 0.29) is 12.3 Å². The third kappa shape index (κ3) is 3.15. The first-order valence-electron chi connectivity index (χ1n) is 7.61. The second-order valence-corrected chi connectivity index (χ2v) is 6.70. The highest BCUT2D eigenvalue weighted by atomic mass is 32.2. The van der Waals surface area contributed by atoms with Crippen LogP contribution in [0.25, 0.3) is 0 Å². The van der Waals surface area contributed by atoms with E-state index in [0.717, 1.165) is 17.9 Å². The first kappa shape index (κ1) is 15.8. The van der Waals surface area contributed by atoms with Gasteiger partial charge in [-0.2, -0.15) is 11.8 Å². The number of nitrogens with zero attached hydrogens (tertiary/aromatic N) is 3. The molecular formula is C14H22N4O3S. The molecule has 1 aromatic heterocycles. The second-order valence-electron chi connectivity index (χ2n) is 5.55. The van der Waals surface area contributed by atoms with Gasteiger partial charge in [0.1, 0.15) is 23.8 Å². The van der Waals surface area contributed by atoms with Crippen LogP contribution >= 0.6 is 11.8 Å². The van der Waals surface area contributed by atoms with Crippen LogP contribution in [0.1, 0.15) is 37.8 Å². The van der Waals surface area contributed by atoms with E-state index >= 15 is 0 Å². The summed E-state index contributed by atoms with van der Waals surface area (Å²) in [7, 11) is 0. The average Bonchev–Trinajstić information content (AvgIpc) is 3.03. The summed E-state index contributed by atoms with van der Waals surface area (Å²) in [5.74, 6) is 2.55. The maximum absolute atomic E-state index is 10.2. The molecule has 0 radical (unpaired) electrons. The largest absolute Gasteiger partial charge is 0.390 e. The molecule has 0 spiro atoms. The SMILES string of the molecule is CCCSC[C@H]1O[C@@H](n2cnc3c2NC=NC[C@H]3O)C[C@@H]1O. The van der Waals surface area contributed by atoms with Crippen molar-refractivity contribution >= 4 is 23.9 Å². The number of imidazole rings is 1. The van der Waals surface area contributed by atoms with Crippen LogP contribution in [0.3, 0.4) is 0 Å². The highest BCUT2D eigenvalue weighted by Crippen LogP contribution is 2.35. The van der Waals surface area contributed by atoms with E-state index in [0.29, 0.717) is 24.5 Å². The van der Waals surface area contributed by atoms with E-state index in [4.69, 9.17) is 4.74 Å². The number of hydrogen-bond acceptors (Lipinski definition) is 7. The molecule has 22 heavy (non-hydrogen) atoms. The van der Waals surface area contributed by atoms with Crippen molar-refractivity contribution in [3.05, 3.63) is 12.0 Å². The fourth-order valence-electron chi connectivity index (χ4n) is 2.71. The second kappa shape index (κ2) is 6.99. The number of ether oxygens (including phenoxy) is 1. The smallest absolute Gasteiger partial charge is 0.139 e. The molecule has 0 aromatic carbocycles. The van der Waals surface area contributed by atoms with Crippen LogP contribution in [0.15, 0.2) is 11.3 Å². The summed E-state index contributed by atoms with van der Waals surface area (Å²) in [6.07, 6.45) is 3.23. The predicted molar refractivity (Wildman–Crippen MR) is 86.3 cm³/mol. The molecule has 2 aliphatic heterocycles. The Balaban J connectivity index is 1.72. The zero-order chi connectivity index (χ0) is 15.5. The molecule has 1 aromatic rings. The van der Waals surface area contributed by atoms with Crippen LogP contribution in [-0.2, 0) is 4.74 Å². The van der Waals surface area contributed by atoms with Crippen molar-refractivity contribution in [1.82, 2.24) is 9.55 Å². The molecule has 0 aliphatic carbocycles. The summed E-state index contributed by atoms with van der Waals surface area (Å²) in [5.41, 5.74) is 0.569. The number of nitrogens with one attached hydrogen (secondary N) is 1. The lowest BCUT2D eigenvalue weighted by molar-refractivity contribution is -0.00443. The number of thioether (sulfide) groups is 1. The number of aromatic nitrogens is 2. The third-order valence-corrected chi connectivity index (χ3v) is 5.11. The molecule has 1 saturated heterocycles. The van der Waals surface area contributed by atoms with Crippen LogP contribution in [0.2, 0.25) is 0 Å². The Morgan fingerprint density at radius 2 is 2.36 bits per heavy atom. The minimum atomic E-state index is -0.718. The number of aliphatic hydroxyl groups excluding tert-OH is 2. The zero-order valence-electron chi connectivity index (χ0n) is 12.6. The number of fused-ring (bicyclic) bond motifs is 1. The Labute approximate surface area is 133 Å². The van der Waals surface area contributed by atoms with Crippen LogP contribution < -0.4 is 5.32 Å². The van der Waals surface area contributed by atoms with Gasteiger partial charge in [-0.25, -0.2) is 4.98 Å². The molecule has 4 atom stereocenters. The van der Waals surface area contributed by atoms with Gasteiger partial charge in [-0.05, 0) is 12.2 Å². The summed E-state index contributed by atoms with van der Waals surface area (Å²) in [4.78, 5) is 8.32. The number of aliphatic hydroxyl groups is 2. The van der Waals surface area contributed by atoms with E-state index in [1.165, 1.54) is 0 Å². The first-order valence-corrected chi connectivity index (χ1v) is 8.77. The molecule has 8 heteroatoms. The Kier molecular flexibility index (Phi) is 5.02. The van der Waals surface area contributed by atoms with Gasteiger partial charge in [0.15, 0.2) is 0 Å². The van der Waals surface area contributed by atoms with Crippen LogP contribution in [0, 0.1) is 0 Å². The molecule has 0 bridgehead atoms. The van der Waals surface area contributed by atoms with Gasteiger partial charge < -0.3 is 20.3 Å². The third-order valence-electron chi connectivity index (χ3n) is 3.85. The molecule has 7 nitrogen and oxygen atoms in total. The Morgan fingerprint density at radius 1 is 1.50 bits per heavy atom. The minimum Gasteiger partial charge on any atom is -0.390 e. The lowest BCUT2D eigenvalue weighted by atomic mass is 10.2. The van der Waals surface area contributed by atoms with Crippen molar-refractivity contribution in [2.75, 3.05) is 23.4 Å². The van der Waals surface area contributed by atoms with E-state index in [2.05, 4.69) is 22.2 Å². The quantitative estimate of drug-likeness (QED) is 0.703. The summed E-state index contributed by atoms with van der Waals surface area (Å²) in [6, 6.07) is 0. The molecule has 2 aliphatic rings. The van der Waals surface area contributed by atoms with E-state index in [1.54, 1.807) is 24.4 Å². The number of aliphatic imine (C=N–C) groups is 1. The Hall–Kier alpha value is -1.09. The standard InChI is InChI=1S/C14H22N4O3S/c1-2-3-22-6-11-9(19)4-12(21-11)18-8-17-13-10(20)5-15-7-16-14(13)18/h7-12,19-20H,2-6H2,1H3,(H,15,16)/t9-,10+,11+,12+/m0/s1. The summed E-state index contributed by atoms with van der Waals surface area (Å²) in [6.45, 7) is 2.43. The molecule has 0 unspecified atom stereocenters. The lowest BCUT2D eigenvalue weighted by Crippen LogP contribution is -2.23. The Morgan fingerprint density at radius 3 is 3.18 bits per heavy atom. The van der Waals surface area contributed by atoms with Crippen molar-refractivity contribution < 1.29 is 14.9 Å². The molecule has 3 N–H and O–H groups in total. The van der Waals surface area contributed by atoms with Crippen LogP contribution in [0.4, 0.5) is 5.82 Å². The van der Waals surface area contributed by atoms with Gasteiger partial charge in [0.25, 0.3) is 0 Å². The molecule has 3 heterocycles. The van der Waals surface area contributed by atoms with Gasteiger partial charge in [0, 0.05) is 12.2 Å². The van der Waals surface area contributed by atoms with Crippen LogP contribution in [0.5, 0.6) is 0 Å². The van der Waals surface area contributed by atoms with E-state index < -0.39 is 12.2 Å². The van der Waals surface area contributed by atoms with E-state index in [1.807, 2.05) is 4.57 Å². The number of anilines is 1. The zero-order valence-corrected chi connectivity index (χ0v) is 13.4. The Bertz CT molecular complexity index is 536. The van der Waals surface area contributed by atoms with Gasteiger partial charge in [-0.1, -0.05) is 6.92 Å². The highest BCUT2D eigenvalue weighted by Gasteiger charge is 2.36. The highest BCUT2D eigenvalue weighted by molar-refractivity contribution is 7.99. The van der Waals surface area contributed by atoms with Gasteiger partial charge >= 0.3 is 0 Å². The normalized spacial score (nSPS) is 30.9.